The van der Waals surface area contributed by atoms with Gasteiger partial charge in [-0.3, -0.25) is 0 Å². The second-order valence-electron chi connectivity index (χ2n) is 16.0. The van der Waals surface area contributed by atoms with Crippen molar-refractivity contribution < 1.29 is 9.47 Å². The molecule has 59 heavy (non-hydrogen) atoms. The van der Waals surface area contributed by atoms with Crippen LogP contribution in [0.15, 0.2) is 158 Å². The minimum absolute atomic E-state index is 0.000949. The zero-order valence-electron chi connectivity index (χ0n) is 37.7. The molecule has 1 aliphatic rings. The fraction of sp³-hybridized carbons (Fsp3) is 0.263. The smallest absolute Gasteiger partial charge is 0.134 e. The average Bonchev–Trinajstić information content (AvgIpc) is 3.23. The first-order chi connectivity index (χ1) is 28.3. The van der Waals surface area contributed by atoms with E-state index < -0.39 is 0 Å². The van der Waals surface area contributed by atoms with E-state index >= 15 is 0 Å². The summed E-state index contributed by atoms with van der Waals surface area (Å²) in [6.45, 7) is 25.8. The monoisotopic (exact) mass is 783 g/mol. The zero-order valence-corrected chi connectivity index (χ0v) is 37.7. The van der Waals surface area contributed by atoms with Crippen LogP contribution < -0.4 is 9.47 Å². The van der Waals surface area contributed by atoms with Gasteiger partial charge in [0.05, 0.1) is 0 Å². The number of para-hydroxylation sites is 4. The highest BCUT2D eigenvalue weighted by Crippen LogP contribution is 2.49. The number of unbranched alkanes of at least 4 members (excludes halogenated alkanes) is 1. The lowest BCUT2D eigenvalue weighted by Crippen LogP contribution is -2.25. The topological polar surface area (TPSA) is 18.5 Å². The molecular formula is C57H66O2. The summed E-state index contributed by atoms with van der Waals surface area (Å²) in [4.78, 5) is 0. The predicted molar refractivity (Wildman–Crippen MR) is 255 cm³/mol. The van der Waals surface area contributed by atoms with Gasteiger partial charge in [-0.2, -0.15) is 0 Å². The molecule has 0 atom stereocenters. The van der Waals surface area contributed by atoms with Gasteiger partial charge in [0.25, 0.3) is 0 Å². The van der Waals surface area contributed by atoms with Gasteiger partial charge in [-0.05, 0) is 123 Å². The molecule has 306 valence electrons. The van der Waals surface area contributed by atoms with E-state index in [2.05, 4.69) is 178 Å². The van der Waals surface area contributed by atoms with Crippen LogP contribution in [0.2, 0.25) is 0 Å². The number of fused-ring (bicyclic) bond motifs is 2. The third-order valence-electron chi connectivity index (χ3n) is 10.9. The van der Waals surface area contributed by atoms with E-state index in [0.29, 0.717) is 0 Å². The Bertz CT molecular complexity index is 2220. The van der Waals surface area contributed by atoms with Gasteiger partial charge in [0.2, 0.25) is 0 Å². The highest BCUT2D eigenvalue weighted by molar-refractivity contribution is 5.70. The van der Waals surface area contributed by atoms with Crippen LogP contribution in [0, 0.1) is 55.4 Å². The molecule has 0 N–H and O–H groups in total. The number of benzene rings is 7. The lowest BCUT2D eigenvalue weighted by atomic mass is 9.74. The standard InChI is InChI=1S/C17H18O.C14H14O.C14H14.C8H10.C4H10/c1-11-7-5-9-13-15(11)18-16-12(2)8-6-10-14(16)17(13,3)4;1-11-7-3-5-9-13(11)15-14-10-6-4-8-12(14)2;1-11-7-3-5-9-13(11)14-10-6-4-8-12(14)2;1-7-5-3-4-6-8(7)2;1-3-4-2/h5-10H,1-4H3;3-10H,1-2H3;3-10H,1-2H3;3-6H,1-2H3;3-4H2,1-2H3. The average molecular weight is 783 g/mol. The van der Waals surface area contributed by atoms with Crippen molar-refractivity contribution in [3.63, 3.8) is 0 Å². The molecule has 0 saturated heterocycles. The second kappa shape index (κ2) is 22.3. The molecule has 0 unspecified atom stereocenters. The van der Waals surface area contributed by atoms with Crippen LogP contribution >= 0.6 is 0 Å². The van der Waals surface area contributed by atoms with Crippen molar-refractivity contribution in [1.82, 2.24) is 0 Å². The SMILES string of the molecule is CCCC.Cc1cccc2c1Oc1c(C)cccc1C2(C)C.Cc1ccccc1-c1ccccc1C.Cc1ccccc1C.Cc1ccccc1Oc1ccccc1C. The van der Waals surface area contributed by atoms with Crippen LogP contribution in [-0.4, -0.2) is 0 Å². The summed E-state index contributed by atoms with van der Waals surface area (Å²) in [5.41, 5.74) is 15.4. The third-order valence-corrected chi connectivity index (χ3v) is 10.9. The van der Waals surface area contributed by atoms with Crippen molar-refractivity contribution in [2.75, 3.05) is 0 Å². The molecule has 7 aromatic rings. The Balaban J connectivity index is 0.000000173. The Hall–Kier alpha value is -5.86. The van der Waals surface area contributed by atoms with Gasteiger partial charge in [0, 0.05) is 16.5 Å². The van der Waals surface area contributed by atoms with Gasteiger partial charge >= 0.3 is 0 Å². The van der Waals surface area contributed by atoms with Crippen molar-refractivity contribution >= 4 is 0 Å². The molecule has 0 bridgehead atoms. The number of hydrogen-bond acceptors (Lipinski definition) is 2. The van der Waals surface area contributed by atoms with Crippen LogP contribution in [0.5, 0.6) is 23.0 Å². The molecule has 0 saturated carbocycles. The molecule has 1 heterocycles. The Morgan fingerprint density at radius 2 is 0.661 bits per heavy atom. The Morgan fingerprint density at radius 3 is 0.983 bits per heavy atom. The zero-order chi connectivity index (χ0) is 43.0. The Labute approximate surface area is 356 Å². The van der Waals surface area contributed by atoms with Crippen LogP contribution in [0.4, 0.5) is 0 Å². The highest BCUT2D eigenvalue weighted by atomic mass is 16.5. The summed E-state index contributed by atoms with van der Waals surface area (Å²) in [6.07, 6.45) is 2.64. The summed E-state index contributed by atoms with van der Waals surface area (Å²) in [6, 6.07) is 54.2. The van der Waals surface area contributed by atoms with Crippen molar-refractivity contribution in [2.45, 2.75) is 101 Å². The molecule has 7 aromatic carbocycles. The summed E-state index contributed by atoms with van der Waals surface area (Å²) < 4.78 is 12.0. The van der Waals surface area contributed by atoms with Crippen molar-refractivity contribution in [3.05, 3.63) is 213 Å². The Morgan fingerprint density at radius 1 is 0.356 bits per heavy atom. The fourth-order valence-corrected chi connectivity index (χ4v) is 6.68. The molecule has 0 fully saturated rings. The van der Waals surface area contributed by atoms with E-state index in [4.69, 9.17) is 9.47 Å². The molecule has 0 radical (unpaired) electrons. The van der Waals surface area contributed by atoms with E-state index in [0.717, 1.165) is 34.1 Å². The number of aryl methyl sites for hydroxylation is 8. The van der Waals surface area contributed by atoms with Crippen LogP contribution in [0.25, 0.3) is 11.1 Å². The molecule has 8 rings (SSSR count). The summed E-state index contributed by atoms with van der Waals surface area (Å²) in [7, 11) is 0. The van der Waals surface area contributed by atoms with Gasteiger partial charge in [-0.25, -0.2) is 0 Å². The predicted octanol–water partition coefficient (Wildman–Crippen LogP) is 16.9. The number of hydrogen-bond donors (Lipinski definition) is 0. The maximum absolute atomic E-state index is 6.17. The maximum atomic E-state index is 6.17. The van der Waals surface area contributed by atoms with Gasteiger partial charge < -0.3 is 9.47 Å². The van der Waals surface area contributed by atoms with Gasteiger partial charge in [-0.15, -0.1) is 0 Å². The first-order valence-electron chi connectivity index (χ1n) is 21.1. The van der Waals surface area contributed by atoms with E-state index in [1.54, 1.807) is 0 Å². The lowest BCUT2D eigenvalue weighted by Gasteiger charge is -2.35. The number of ether oxygens (including phenoxy) is 2. The molecule has 2 heteroatoms. The van der Waals surface area contributed by atoms with E-state index in [1.165, 1.54) is 68.5 Å². The van der Waals surface area contributed by atoms with Gasteiger partial charge in [0.15, 0.2) is 0 Å². The quantitative estimate of drug-likeness (QED) is 0.177. The lowest BCUT2D eigenvalue weighted by molar-refractivity contribution is 0.412. The minimum atomic E-state index is 0.000949. The van der Waals surface area contributed by atoms with Crippen molar-refractivity contribution in [3.8, 4) is 34.1 Å². The normalized spacial score (nSPS) is 11.5. The van der Waals surface area contributed by atoms with E-state index in [9.17, 15) is 0 Å². The first kappa shape index (κ1) is 45.8. The van der Waals surface area contributed by atoms with Crippen molar-refractivity contribution in [1.29, 1.82) is 0 Å². The third kappa shape index (κ3) is 12.6. The molecule has 0 aliphatic carbocycles. The van der Waals surface area contributed by atoms with Gasteiger partial charge in [-0.1, -0.05) is 186 Å². The van der Waals surface area contributed by atoms with Crippen LogP contribution in [0.1, 0.15) is 96.2 Å². The Kier molecular flexibility index (Phi) is 17.4. The first-order valence-corrected chi connectivity index (χ1v) is 21.1. The summed E-state index contributed by atoms with van der Waals surface area (Å²) in [5, 5.41) is 0. The van der Waals surface area contributed by atoms with Crippen LogP contribution in [0.3, 0.4) is 0 Å². The summed E-state index contributed by atoms with van der Waals surface area (Å²) in [5.74, 6) is 3.91. The van der Waals surface area contributed by atoms with Crippen molar-refractivity contribution in [2.24, 2.45) is 0 Å². The molecule has 1 aliphatic heterocycles. The fourth-order valence-electron chi connectivity index (χ4n) is 6.68. The minimum Gasteiger partial charge on any atom is -0.457 e. The largest absolute Gasteiger partial charge is 0.457 e. The van der Waals surface area contributed by atoms with Gasteiger partial charge in [0.1, 0.15) is 23.0 Å². The van der Waals surface area contributed by atoms with E-state index in [-0.39, 0.29) is 5.41 Å². The van der Waals surface area contributed by atoms with Crippen LogP contribution in [-0.2, 0) is 5.41 Å². The molecule has 0 spiro atoms. The summed E-state index contributed by atoms with van der Waals surface area (Å²) >= 11 is 0. The maximum Gasteiger partial charge on any atom is 0.134 e. The second-order valence-corrected chi connectivity index (χ2v) is 16.0. The number of rotatable bonds is 4. The molecular weight excluding hydrogens is 717 g/mol. The molecule has 0 aromatic heterocycles. The highest BCUT2D eigenvalue weighted by Gasteiger charge is 2.35. The van der Waals surface area contributed by atoms with E-state index in [1.807, 2.05) is 62.4 Å². The molecule has 0 amide bonds. The molecule has 2 nitrogen and oxygen atoms in total.